The van der Waals surface area contributed by atoms with Crippen molar-refractivity contribution in [1.29, 1.82) is 5.26 Å². The largest absolute Gasteiger partial charge is 0.459 e. The first-order valence-electron chi connectivity index (χ1n) is 13.3. The van der Waals surface area contributed by atoms with Crippen molar-refractivity contribution in [3.05, 3.63) is 29.3 Å². The first kappa shape index (κ1) is 25.0. The molecule has 4 aliphatic rings. The van der Waals surface area contributed by atoms with E-state index >= 15 is 0 Å². The highest BCUT2D eigenvalue weighted by Crippen LogP contribution is 2.37. The smallest absolute Gasteiger partial charge is 0.320 e. The summed E-state index contributed by atoms with van der Waals surface area (Å²) in [6, 6.07) is 9.01. The van der Waals surface area contributed by atoms with Crippen LogP contribution in [0.15, 0.2) is 18.2 Å². The van der Waals surface area contributed by atoms with Gasteiger partial charge in [0.1, 0.15) is 11.8 Å². The zero-order chi connectivity index (χ0) is 25.4. The van der Waals surface area contributed by atoms with Gasteiger partial charge in [0.25, 0.3) is 0 Å². The molecule has 36 heavy (non-hydrogen) atoms. The molecule has 9 heteroatoms. The Morgan fingerprint density at radius 3 is 2.72 bits per heavy atom. The number of anilines is 1. The third-order valence-corrected chi connectivity index (χ3v) is 7.80. The molecule has 5 atom stereocenters. The lowest BCUT2D eigenvalue weighted by Crippen LogP contribution is -2.54. The number of hydrogen-bond donors (Lipinski definition) is 3. The van der Waals surface area contributed by atoms with Gasteiger partial charge in [-0.1, -0.05) is 18.9 Å². The van der Waals surface area contributed by atoms with E-state index in [9.17, 15) is 14.9 Å². The van der Waals surface area contributed by atoms with E-state index in [1.165, 1.54) is 11.1 Å². The molecule has 0 spiro atoms. The summed E-state index contributed by atoms with van der Waals surface area (Å²) in [5, 5.41) is 18.6. The molecule has 0 radical (unpaired) electrons. The molecule has 3 N–H and O–H groups in total. The summed E-state index contributed by atoms with van der Waals surface area (Å²) in [4.78, 5) is 27.3. The Morgan fingerprint density at radius 2 is 1.94 bits per heavy atom. The number of nitriles is 1. The van der Waals surface area contributed by atoms with Crippen LogP contribution in [0.4, 0.5) is 5.69 Å². The topological polar surface area (TPSA) is 110 Å². The number of hydrazine groups is 1. The predicted molar refractivity (Wildman–Crippen MR) is 135 cm³/mol. The van der Waals surface area contributed by atoms with Crippen molar-refractivity contribution in [2.45, 2.75) is 89.8 Å². The van der Waals surface area contributed by atoms with E-state index in [0.29, 0.717) is 19.6 Å². The summed E-state index contributed by atoms with van der Waals surface area (Å²) >= 11 is 0. The van der Waals surface area contributed by atoms with Gasteiger partial charge in [-0.15, -0.1) is 0 Å². The summed E-state index contributed by atoms with van der Waals surface area (Å²) in [6.45, 7) is 7.98. The summed E-state index contributed by atoms with van der Waals surface area (Å²) in [6.07, 6.45) is 4.75. The minimum atomic E-state index is -0.489. The predicted octanol–water partition coefficient (Wildman–Crippen LogP) is 2.49. The molecule has 2 saturated heterocycles. The number of nitrogens with zero attached hydrogens (tertiary/aromatic N) is 3. The zero-order valence-electron chi connectivity index (χ0n) is 21.5. The van der Waals surface area contributed by atoms with E-state index in [1.54, 1.807) is 0 Å². The first-order chi connectivity index (χ1) is 17.2. The maximum atomic E-state index is 13.0. The van der Waals surface area contributed by atoms with Crippen molar-refractivity contribution in [1.82, 2.24) is 20.7 Å². The molecule has 0 aromatic heterocycles. The van der Waals surface area contributed by atoms with E-state index < -0.39 is 5.60 Å². The Hall–Kier alpha value is -2.67. The Kier molecular flexibility index (Phi) is 6.95. The Labute approximate surface area is 213 Å². The maximum absolute atomic E-state index is 13.0. The van der Waals surface area contributed by atoms with Gasteiger partial charge < -0.3 is 15.4 Å². The van der Waals surface area contributed by atoms with Crippen LogP contribution in [0.1, 0.15) is 64.0 Å². The molecule has 5 rings (SSSR count). The maximum Gasteiger partial charge on any atom is 0.320 e. The van der Waals surface area contributed by atoms with Crippen LogP contribution in [0.3, 0.4) is 0 Å². The number of carbonyl (C=O) groups excluding carboxylic acids is 2. The van der Waals surface area contributed by atoms with Crippen LogP contribution in [0.5, 0.6) is 0 Å². The molecule has 0 bridgehead atoms. The normalized spacial score (nSPS) is 30.7. The van der Waals surface area contributed by atoms with Crippen LogP contribution in [-0.4, -0.2) is 58.7 Å². The molecule has 1 amide bonds. The lowest BCUT2D eigenvalue weighted by molar-refractivity contribution is -0.156. The van der Waals surface area contributed by atoms with Gasteiger partial charge in [0.2, 0.25) is 5.91 Å². The molecule has 3 heterocycles. The van der Waals surface area contributed by atoms with Crippen molar-refractivity contribution >= 4 is 17.6 Å². The van der Waals surface area contributed by atoms with Gasteiger partial charge >= 0.3 is 5.97 Å². The third kappa shape index (κ3) is 5.22. The summed E-state index contributed by atoms with van der Waals surface area (Å²) in [5.74, 6) is -0.382. The molecular weight excluding hydrogens is 456 g/mol. The van der Waals surface area contributed by atoms with Gasteiger partial charge in [0, 0.05) is 37.4 Å². The number of fused-ring (bicyclic) bond motifs is 2. The number of benzene rings is 1. The molecule has 1 saturated carbocycles. The molecule has 194 valence electrons. The lowest BCUT2D eigenvalue weighted by atomic mass is 9.83. The zero-order valence-corrected chi connectivity index (χ0v) is 21.5. The van der Waals surface area contributed by atoms with Crippen molar-refractivity contribution in [2.75, 3.05) is 18.4 Å². The number of amides is 1. The first-order valence-corrected chi connectivity index (χ1v) is 13.3. The number of hydrogen-bond acceptors (Lipinski definition) is 8. The van der Waals surface area contributed by atoms with Crippen molar-refractivity contribution in [2.24, 2.45) is 11.8 Å². The van der Waals surface area contributed by atoms with Crippen LogP contribution in [-0.2, 0) is 27.4 Å². The third-order valence-electron chi connectivity index (χ3n) is 7.80. The fourth-order valence-electron chi connectivity index (χ4n) is 6.30. The van der Waals surface area contributed by atoms with Crippen LogP contribution in [0, 0.1) is 23.2 Å². The molecule has 9 nitrogen and oxygen atoms in total. The number of piperidine rings is 1. The minimum absolute atomic E-state index is 0.00779. The standard InChI is InChI=1S/C27H38N6O3/c1-27(2,3)36-23(34)16-32-14-18-8-9-20(12-19(18)15-32)30-25-24-22(10-11-29-26(24)35)33(31-25)21-7-5-4-6-17(21)13-28/h8-9,12,17,21-22,24-25,30-31H,4-7,10-11,14-16H2,1-3H3,(H,29,35)/t17-,21+,22?,24?,25?/m1/s1. The van der Waals surface area contributed by atoms with Gasteiger partial charge in [0.15, 0.2) is 0 Å². The van der Waals surface area contributed by atoms with Gasteiger partial charge in [-0.05, 0) is 63.3 Å². The Morgan fingerprint density at radius 1 is 1.17 bits per heavy atom. The number of ether oxygens (including phenoxy) is 1. The van der Waals surface area contributed by atoms with Gasteiger partial charge in [-0.25, -0.2) is 10.4 Å². The van der Waals surface area contributed by atoms with Gasteiger partial charge in [-0.3, -0.25) is 14.5 Å². The van der Waals surface area contributed by atoms with E-state index in [4.69, 9.17) is 4.74 Å². The molecule has 1 aliphatic carbocycles. The van der Waals surface area contributed by atoms with Crippen LogP contribution >= 0.6 is 0 Å². The average Bonchev–Trinajstić information content (AvgIpc) is 3.39. The molecule has 1 aromatic carbocycles. The molecular formula is C27H38N6O3. The highest BCUT2D eigenvalue weighted by Gasteiger charge is 2.51. The van der Waals surface area contributed by atoms with Crippen molar-refractivity contribution in [3.8, 4) is 6.07 Å². The molecule has 3 fully saturated rings. The summed E-state index contributed by atoms with van der Waals surface area (Å²) in [5.41, 5.74) is 6.46. The second-order valence-electron chi connectivity index (χ2n) is 11.6. The van der Waals surface area contributed by atoms with Crippen molar-refractivity contribution in [3.63, 3.8) is 0 Å². The second kappa shape index (κ2) is 10.0. The second-order valence-corrected chi connectivity index (χ2v) is 11.6. The van der Waals surface area contributed by atoms with E-state index in [-0.39, 0.29) is 48.5 Å². The van der Waals surface area contributed by atoms with Gasteiger partial charge in [0.05, 0.1) is 24.4 Å². The number of rotatable bonds is 5. The number of carbonyl (C=O) groups is 2. The quantitative estimate of drug-likeness (QED) is 0.536. The highest BCUT2D eigenvalue weighted by molar-refractivity contribution is 5.82. The Balaban J connectivity index is 1.28. The van der Waals surface area contributed by atoms with Crippen LogP contribution in [0.2, 0.25) is 0 Å². The lowest BCUT2D eigenvalue weighted by Gasteiger charge is -2.39. The van der Waals surface area contributed by atoms with Gasteiger partial charge in [-0.2, -0.15) is 5.26 Å². The SMILES string of the molecule is CC(C)(C)OC(=O)CN1Cc2ccc(NC3NN([C@H]4CCCC[C@@H]4C#N)C4CCNC(=O)C34)cc2C1. The van der Waals surface area contributed by atoms with E-state index in [1.807, 2.05) is 20.8 Å². The van der Waals surface area contributed by atoms with Crippen molar-refractivity contribution < 1.29 is 14.3 Å². The summed E-state index contributed by atoms with van der Waals surface area (Å²) in [7, 11) is 0. The molecule has 1 aromatic rings. The average molecular weight is 495 g/mol. The Bertz CT molecular complexity index is 1050. The molecule has 3 aliphatic heterocycles. The summed E-state index contributed by atoms with van der Waals surface area (Å²) < 4.78 is 5.48. The van der Waals surface area contributed by atoms with E-state index in [2.05, 4.69) is 50.2 Å². The monoisotopic (exact) mass is 494 g/mol. The minimum Gasteiger partial charge on any atom is -0.459 e. The number of nitrogens with one attached hydrogen (secondary N) is 3. The fraction of sp³-hybridized carbons (Fsp3) is 0.667. The van der Waals surface area contributed by atoms with Crippen LogP contribution in [0.25, 0.3) is 0 Å². The fourth-order valence-corrected chi connectivity index (χ4v) is 6.30. The molecule has 3 unspecified atom stereocenters. The van der Waals surface area contributed by atoms with Crippen LogP contribution < -0.4 is 16.1 Å². The number of esters is 1. The van der Waals surface area contributed by atoms with E-state index in [0.717, 1.165) is 37.8 Å². The highest BCUT2D eigenvalue weighted by atomic mass is 16.6.